The van der Waals surface area contributed by atoms with Crippen molar-refractivity contribution in [3.8, 4) is 0 Å². The Morgan fingerprint density at radius 2 is 1.81 bits per heavy atom. The number of ether oxygens (including phenoxy) is 1. The van der Waals surface area contributed by atoms with Crippen LogP contribution in [-0.2, 0) is 25.7 Å². The molecule has 1 saturated heterocycles. The molecule has 1 N–H and O–H groups in total. The van der Waals surface area contributed by atoms with Gasteiger partial charge in [-0.2, -0.15) is 0 Å². The van der Waals surface area contributed by atoms with Crippen molar-refractivity contribution in [1.82, 2.24) is 5.32 Å². The smallest absolute Gasteiger partial charge is 0.311 e. The van der Waals surface area contributed by atoms with Crippen molar-refractivity contribution in [2.45, 2.75) is 19.9 Å². The Morgan fingerprint density at radius 1 is 1.11 bits per heavy atom. The molecule has 1 fully saturated rings. The Bertz CT molecular complexity index is 835. The highest BCUT2D eigenvalue weighted by molar-refractivity contribution is 6.00. The van der Waals surface area contributed by atoms with Gasteiger partial charge in [0.25, 0.3) is 5.91 Å². The maximum Gasteiger partial charge on any atom is 0.311 e. The Balaban J connectivity index is 1.48. The van der Waals surface area contributed by atoms with Crippen LogP contribution >= 0.6 is 0 Å². The van der Waals surface area contributed by atoms with E-state index in [4.69, 9.17) is 4.74 Å². The van der Waals surface area contributed by atoms with Crippen molar-refractivity contribution < 1.29 is 19.1 Å². The molecule has 6 nitrogen and oxygen atoms in total. The molecule has 2 aromatic carbocycles. The van der Waals surface area contributed by atoms with Crippen LogP contribution in [0.3, 0.4) is 0 Å². The zero-order valence-corrected chi connectivity index (χ0v) is 15.2. The second kappa shape index (κ2) is 8.49. The van der Waals surface area contributed by atoms with Crippen molar-refractivity contribution in [3.63, 3.8) is 0 Å². The lowest BCUT2D eigenvalue weighted by Crippen LogP contribution is -2.31. The number of carbonyl (C=O) groups is 3. The van der Waals surface area contributed by atoms with E-state index in [9.17, 15) is 14.4 Å². The van der Waals surface area contributed by atoms with Crippen molar-refractivity contribution in [2.24, 2.45) is 5.92 Å². The van der Waals surface area contributed by atoms with Crippen LogP contribution in [0.25, 0.3) is 0 Å². The van der Waals surface area contributed by atoms with Crippen LogP contribution in [0.2, 0.25) is 0 Å². The van der Waals surface area contributed by atoms with Gasteiger partial charge in [-0.3, -0.25) is 14.4 Å². The molecule has 140 valence electrons. The van der Waals surface area contributed by atoms with Gasteiger partial charge in [0.15, 0.2) is 6.61 Å². The third-order valence-electron chi connectivity index (χ3n) is 4.54. The zero-order chi connectivity index (χ0) is 19.2. The summed E-state index contributed by atoms with van der Waals surface area (Å²) in [6.07, 6.45) is 0.0960. The van der Waals surface area contributed by atoms with E-state index in [1.807, 2.05) is 61.5 Å². The molecule has 0 radical (unpaired) electrons. The first-order chi connectivity index (χ1) is 13.0. The van der Waals surface area contributed by atoms with Gasteiger partial charge in [-0.1, -0.05) is 48.5 Å². The van der Waals surface area contributed by atoms with Gasteiger partial charge in [0.2, 0.25) is 5.91 Å². The van der Waals surface area contributed by atoms with Gasteiger partial charge in [-0.15, -0.1) is 0 Å². The fourth-order valence-corrected chi connectivity index (χ4v) is 3.07. The number of benzene rings is 2. The largest absolute Gasteiger partial charge is 0.455 e. The number of carbonyl (C=O) groups excluding carboxylic acids is 3. The number of anilines is 1. The first-order valence-electron chi connectivity index (χ1n) is 8.88. The molecule has 0 aromatic heterocycles. The lowest BCUT2D eigenvalue weighted by Gasteiger charge is -2.18. The summed E-state index contributed by atoms with van der Waals surface area (Å²) in [6, 6.07) is 17.0. The summed E-state index contributed by atoms with van der Waals surface area (Å²) in [5, 5.41) is 2.70. The molecule has 27 heavy (non-hydrogen) atoms. The number of amides is 2. The van der Waals surface area contributed by atoms with Gasteiger partial charge in [0.1, 0.15) is 0 Å². The molecule has 1 heterocycles. The maximum absolute atomic E-state index is 12.3. The lowest BCUT2D eigenvalue weighted by atomic mass is 10.1. The summed E-state index contributed by atoms with van der Waals surface area (Å²) in [5.41, 5.74) is 2.74. The van der Waals surface area contributed by atoms with E-state index in [0.717, 1.165) is 16.8 Å². The maximum atomic E-state index is 12.3. The van der Waals surface area contributed by atoms with Gasteiger partial charge in [0, 0.05) is 25.2 Å². The number of aryl methyl sites for hydroxylation is 1. The fraction of sp³-hybridized carbons (Fsp3) is 0.286. The number of esters is 1. The molecule has 0 unspecified atom stereocenters. The van der Waals surface area contributed by atoms with E-state index in [1.54, 1.807) is 4.90 Å². The van der Waals surface area contributed by atoms with Gasteiger partial charge in [0.05, 0.1) is 5.92 Å². The number of hydrogen-bond donors (Lipinski definition) is 1. The third kappa shape index (κ3) is 4.73. The first kappa shape index (κ1) is 18.6. The molecule has 0 aliphatic carbocycles. The average Bonchev–Trinajstić information content (AvgIpc) is 3.07. The van der Waals surface area contributed by atoms with E-state index in [0.29, 0.717) is 6.54 Å². The summed E-state index contributed by atoms with van der Waals surface area (Å²) in [4.78, 5) is 38.0. The minimum absolute atomic E-state index is 0.0960. The van der Waals surface area contributed by atoms with E-state index in [1.165, 1.54) is 0 Å². The monoisotopic (exact) mass is 366 g/mol. The molecular formula is C21H22N2O4. The van der Waals surface area contributed by atoms with Crippen LogP contribution in [0.1, 0.15) is 17.5 Å². The van der Waals surface area contributed by atoms with E-state index in [-0.39, 0.29) is 31.4 Å². The first-order valence-corrected chi connectivity index (χ1v) is 8.88. The standard InChI is InChI=1S/C21H22N2O4/c1-15-7-5-6-10-18(15)23-13-17(11-20(23)25)21(26)27-14-19(24)22-12-16-8-3-2-4-9-16/h2-10,17H,11-14H2,1H3,(H,22,24)/t17-/m0/s1. The summed E-state index contributed by atoms with van der Waals surface area (Å²) in [5.74, 6) is -1.56. The predicted octanol–water partition coefficient (Wildman–Crippen LogP) is 2.21. The molecule has 3 rings (SSSR count). The Morgan fingerprint density at radius 3 is 2.56 bits per heavy atom. The van der Waals surface area contributed by atoms with Crippen LogP contribution in [0.4, 0.5) is 5.69 Å². The molecule has 1 aliphatic heterocycles. The second-order valence-electron chi connectivity index (χ2n) is 6.56. The SMILES string of the molecule is Cc1ccccc1N1C[C@@H](C(=O)OCC(=O)NCc2ccccc2)CC1=O. The summed E-state index contributed by atoms with van der Waals surface area (Å²) < 4.78 is 5.11. The Kier molecular flexibility index (Phi) is 5.86. The van der Waals surface area contributed by atoms with Crippen molar-refractivity contribution >= 4 is 23.5 Å². The molecule has 0 saturated carbocycles. The number of nitrogens with zero attached hydrogens (tertiary/aromatic N) is 1. The molecule has 0 spiro atoms. The second-order valence-corrected chi connectivity index (χ2v) is 6.56. The highest BCUT2D eigenvalue weighted by Gasteiger charge is 2.36. The van der Waals surface area contributed by atoms with Gasteiger partial charge in [-0.25, -0.2) is 0 Å². The van der Waals surface area contributed by atoms with Crippen LogP contribution in [0.15, 0.2) is 54.6 Å². The summed E-state index contributed by atoms with van der Waals surface area (Å²) >= 11 is 0. The lowest BCUT2D eigenvalue weighted by molar-refractivity contribution is -0.152. The normalized spacial score (nSPS) is 16.3. The number of rotatable bonds is 6. The third-order valence-corrected chi connectivity index (χ3v) is 4.54. The van der Waals surface area contributed by atoms with Gasteiger partial charge >= 0.3 is 5.97 Å². The molecule has 2 amide bonds. The highest BCUT2D eigenvalue weighted by Crippen LogP contribution is 2.28. The van der Waals surface area contributed by atoms with Crippen molar-refractivity contribution in [2.75, 3.05) is 18.1 Å². The summed E-state index contributed by atoms with van der Waals surface area (Å²) in [7, 11) is 0. The quantitative estimate of drug-likeness (QED) is 0.796. The topological polar surface area (TPSA) is 75.7 Å². The zero-order valence-electron chi connectivity index (χ0n) is 15.2. The van der Waals surface area contributed by atoms with E-state index in [2.05, 4.69) is 5.32 Å². The van der Waals surface area contributed by atoms with Crippen molar-refractivity contribution in [1.29, 1.82) is 0 Å². The fourth-order valence-electron chi connectivity index (χ4n) is 3.07. The van der Waals surface area contributed by atoms with E-state index < -0.39 is 11.9 Å². The number of nitrogens with one attached hydrogen (secondary N) is 1. The highest BCUT2D eigenvalue weighted by atomic mass is 16.5. The minimum atomic E-state index is -0.556. The van der Waals surface area contributed by atoms with Gasteiger partial charge < -0.3 is 15.0 Å². The number of para-hydroxylation sites is 1. The minimum Gasteiger partial charge on any atom is -0.455 e. The average molecular weight is 366 g/mol. The van der Waals surface area contributed by atoms with Gasteiger partial charge in [-0.05, 0) is 24.1 Å². The molecule has 2 aromatic rings. The van der Waals surface area contributed by atoms with Crippen LogP contribution in [0, 0.1) is 12.8 Å². The Hall–Kier alpha value is -3.15. The van der Waals surface area contributed by atoms with Crippen LogP contribution in [-0.4, -0.2) is 30.9 Å². The molecule has 0 bridgehead atoms. The molecule has 1 atom stereocenters. The molecule has 1 aliphatic rings. The Labute approximate surface area is 158 Å². The van der Waals surface area contributed by atoms with E-state index >= 15 is 0 Å². The predicted molar refractivity (Wildman–Crippen MR) is 101 cm³/mol. The number of hydrogen-bond acceptors (Lipinski definition) is 4. The molecule has 6 heteroatoms. The summed E-state index contributed by atoms with van der Waals surface area (Å²) in [6.45, 7) is 2.22. The van der Waals surface area contributed by atoms with Crippen LogP contribution in [0.5, 0.6) is 0 Å². The van der Waals surface area contributed by atoms with Crippen LogP contribution < -0.4 is 10.2 Å². The molecular weight excluding hydrogens is 344 g/mol. The van der Waals surface area contributed by atoms with Crippen molar-refractivity contribution in [3.05, 3.63) is 65.7 Å².